The van der Waals surface area contributed by atoms with Crippen LogP contribution in [0.2, 0.25) is 0 Å². The average Bonchev–Trinajstić information content (AvgIpc) is 2.49. The SMILES string of the molecule is COC(=O)[C@@H](c1ccccc1)C1CCCCN1N=O. The Hall–Kier alpha value is -1.91. The summed E-state index contributed by atoms with van der Waals surface area (Å²) in [6, 6.07) is 9.23. The minimum Gasteiger partial charge on any atom is -0.468 e. The Bertz CT molecular complexity index is 436. The first-order chi connectivity index (χ1) is 9.27. The Balaban J connectivity index is 2.31. The zero-order valence-electron chi connectivity index (χ0n) is 11.0. The van der Waals surface area contributed by atoms with E-state index in [1.807, 2.05) is 30.3 Å². The zero-order chi connectivity index (χ0) is 13.7. The van der Waals surface area contributed by atoms with Crippen LogP contribution in [0.15, 0.2) is 35.6 Å². The van der Waals surface area contributed by atoms with Crippen molar-refractivity contribution < 1.29 is 9.53 Å². The highest BCUT2D eigenvalue weighted by atomic mass is 16.5. The first kappa shape index (κ1) is 13.5. The molecule has 1 aliphatic rings. The topological polar surface area (TPSA) is 59.0 Å². The van der Waals surface area contributed by atoms with E-state index in [9.17, 15) is 9.70 Å². The van der Waals surface area contributed by atoms with Gasteiger partial charge in [0, 0.05) is 6.54 Å². The van der Waals surface area contributed by atoms with Gasteiger partial charge in [-0.25, -0.2) is 0 Å². The Morgan fingerprint density at radius 1 is 1.37 bits per heavy atom. The van der Waals surface area contributed by atoms with Crippen LogP contribution in [-0.2, 0) is 9.53 Å². The van der Waals surface area contributed by atoms with Crippen molar-refractivity contribution >= 4 is 5.97 Å². The Kier molecular flexibility index (Phi) is 4.49. The monoisotopic (exact) mass is 262 g/mol. The van der Waals surface area contributed by atoms with E-state index in [-0.39, 0.29) is 12.0 Å². The fourth-order valence-corrected chi connectivity index (χ4v) is 2.68. The molecular weight excluding hydrogens is 244 g/mol. The van der Waals surface area contributed by atoms with Crippen LogP contribution in [0.3, 0.4) is 0 Å². The van der Waals surface area contributed by atoms with Crippen LogP contribution in [0.4, 0.5) is 0 Å². The molecule has 1 aliphatic heterocycles. The molecule has 2 atom stereocenters. The van der Waals surface area contributed by atoms with Crippen LogP contribution in [-0.4, -0.2) is 30.7 Å². The number of methoxy groups -OCH3 is 1. The van der Waals surface area contributed by atoms with Crippen LogP contribution < -0.4 is 0 Å². The molecule has 1 aromatic rings. The van der Waals surface area contributed by atoms with Crippen molar-refractivity contribution in [1.82, 2.24) is 5.01 Å². The molecule has 0 aliphatic carbocycles. The molecule has 0 bridgehead atoms. The second-order valence-corrected chi connectivity index (χ2v) is 4.72. The molecule has 0 spiro atoms. The fourth-order valence-electron chi connectivity index (χ4n) is 2.68. The summed E-state index contributed by atoms with van der Waals surface area (Å²) in [4.78, 5) is 23.0. The predicted molar refractivity (Wildman–Crippen MR) is 71.3 cm³/mol. The van der Waals surface area contributed by atoms with Crippen LogP contribution >= 0.6 is 0 Å². The number of nitrogens with zero attached hydrogens (tertiary/aromatic N) is 2. The molecule has 1 unspecified atom stereocenters. The highest BCUT2D eigenvalue weighted by molar-refractivity contribution is 5.79. The molecule has 0 aromatic heterocycles. The molecular formula is C14H18N2O3. The van der Waals surface area contributed by atoms with E-state index in [0.717, 1.165) is 24.8 Å². The van der Waals surface area contributed by atoms with Gasteiger partial charge in [0.05, 0.1) is 18.4 Å². The van der Waals surface area contributed by atoms with Gasteiger partial charge in [0.25, 0.3) is 0 Å². The number of piperidine rings is 1. The smallest absolute Gasteiger partial charge is 0.315 e. The third-order valence-electron chi connectivity index (χ3n) is 3.62. The molecule has 1 heterocycles. The summed E-state index contributed by atoms with van der Waals surface area (Å²) >= 11 is 0. The number of ether oxygens (including phenoxy) is 1. The lowest BCUT2D eigenvalue weighted by Crippen LogP contribution is -2.42. The van der Waals surface area contributed by atoms with Gasteiger partial charge in [-0.1, -0.05) is 30.3 Å². The third kappa shape index (κ3) is 2.92. The van der Waals surface area contributed by atoms with Gasteiger partial charge in [0.15, 0.2) is 0 Å². The van der Waals surface area contributed by atoms with Gasteiger partial charge in [-0.05, 0) is 24.8 Å². The second-order valence-electron chi connectivity index (χ2n) is 4.72. The zero-order valence-corrected chi connectivity index (χ0v) is 11.0. The Morgan fingerprint density at radius 2 is 2.11 bits per heavy atom. The normalized spacial score (nSPS) is 20.7. The summed E-state index contributed by atoms with van der Waals surface area (Å²) in [6.45, 7) is 0.606. The second kappa shape index (κ2) is 6.31. The van der Waals surface area contributed by atoms with E-state index >= 15 is 0 Å². The highest BCUT2D eigenvalue weighted by Gasteiger charge is 2.36. The van der Waals surface area contributed by atoms with Crippen molar-refractivity contribution in [2.45, 2.75) is 31.2 Å². The van der Waals surface area contributed by atoms with Crippen molar-refractivity contribution in [3.63, 3.8) is 0 Å². The summed E-state index contributed by atoms with van der Waals surface area (Å²) < 4.78 is 4.90. The minimum absolute atomic E-state index is 0.207. The quantitative estimate of drug-likeness (QED) is 0.618. The molecule has 0 amide bonds. The van der Waals surface area contributed by atoms with Gasteiger partial charge in [-0.3, -0.25) is 9.80 Å². The number of hydrogen-bond acceptors (Lipinski definition) is 4. The standard InChI is InChI=1S/C14H18N2O3/c1-19-14(17)13(11-7-3-2-4-8-11)12-9-5-6-10-16(12)15-18/h2-4,7-8,12-13H,5-6,9-10H2,1H3/t12?,13-/m0/s1. The van der Waals surface area contributed by atoms with Gasteiger partial charge in [-0.2, -0.15) is 0 Å². The molecule has 102 valence electrons. The van der Waals surface area contributed by atoms with E-state index in [1.165, 1.54) is 12.1 Å². The molecule has 0 N–H and O–H groups in total. The number of carbonyl (C=O) groups is 1. The highest BCUT2D eigenvalue weighted by Crippen LogP contribution is 2.31. The van der Waals surface area contributed by atoms with Crippen LogP contribution in [0.1, 0.15) is 30.7 Å². The molecule has 0 radical (unpaired) electrons. The lowest BCUT2D eigenvalue weighted by atomic mass is 9.86. The maximum absolute atomic E-state index is 12.1. The summed E-state index contributed by atoms with van der Waals surface area (Å²) in [7, 11) is 1.37. The first-order valence-electron chi connectivity index (χ1n) is 6.50. The maximum Gasteiger partial charge on any atom is 0.315 e. The van der Waals surface area contributed by atoms with Gasteiger partial charge in [-0.15, -0.1) is 4.91 Å². The molecule has 1 fully saturated rings. The van der Waals surface area contributed by atoms with Crippen molar-refractivity contribution in [3.05, 3.63) is 40.8 Å². The van der Waals surface area contributed by atoms with Crippen LogP contribution in [0.25, 0.3) is 0 Å². The molecule has 1 saturated heterocycles. The molecule has 2 rings (SSSR count). The number of nitroso groups, excluding NO2 is 1. The molecule has 5 nitrogen and oxygen atoms in total. The largest absolute Gasteiger partial charge is 0.468 e. The molecule has 19 heavy (non-hydrogen) atoms. The van der Waals surface area contributed by atoms with E-state index in [0.29, 0.717) is 6.54 Å². The summed E-state index contributed by atoms with van der Waals surface area (Å²) in [5, 5.41) is 4.55. The predicted octanol–water partition coefficient (Wildman–Crippen LogP) is 2.48. The van der Waals surface area contributed by atoms with Crippen molar-refractivity contribution in [1.29, 1.82) is 0 Å². The lowest BCUT2D eigenvalue weighted by molar-refractivity contribution is -0.144. The van der Waals surface area contributed by atoms with E-state index in [2.05, 4.69) is 5.29 Å². The first-order valence-corrected chi connectivity index (χ1v) is 6.50. The number of carbonyl (C=O) groups excluding carboxylic acids is 1. The lowest BCUT2D eigenvalue weighted by Gasteiger charge is -2.35. The Morgan fingerprint density at radius 3 is 2.74 bits per heavy atom. The van der Waals surface area contributed by atoms with Crippen LogP contribution in [0.5, 0.6) is 0 Å². The Labute approximate surface area is 112 Å². The number of benzene rings is 1. The van der Waals surface area contributed by atoms with Crippen molar-refractivity contribution in [2.75, 3.05) is 13.7 Å². The van der Waals surface area contributed by atoms with E-state index in [4.69, 9.17) is 4.74 Å². The number of esters is 1. The molecule has 0 saturated carbocycles. The van der Waals surface area contributed by atoms with E-state index < -0.39 is 5.92 Å². The van der Waals surface area contributed by atoms with Crippen molar-refractivity contribution in [3.8, 4) is 0 Å². The molecule has 1 aromatic carbocycles. The van der Waals surface area contributed by atoms with Gasteiger partial charge in [0.2, 0.25) is 0 Å². The maximum atomic E-state index is 12.1. The summed E-state index contributed by atoms with van der Waals surface area (Å²) in [5.41, 5.74) is 0.870. The van der Waals surface area contributed by atoms with Gasteiger partial charge < -0.3 is 4.74 Å². The minimum atomic E-state index is -0.454. The van der Waals surface area contributed by atoms with Gasteiger partial charge >= 0.3 is 5.97 Å². The average molecular weight is 262 g/mol. The van der Waals surface area contributed by atoms with Crippen LogP contribution in [0, 0.1) is 4.91 Å². The third-order valence-corrected chi connectivity index (χ3v) is 3.62. The number of hydrogen-bond donors (Lipinski definition) is 0. The summed E-state index contributed by atoms with van der Waals surface area (Å²) in [6.07, 6.45) is 2.71. The number of rotatable bonds is 4. The summed E-state index contributed by atoms with van der Waals surface area (Å²) in [5.74, 6) is -0.768. The van der Waals surface area contributed by atoms with Gasteiger partial charge in [0.1, 0.15) is 5.92 Å². The fraction of sp³-hybridized carbons (Fsp3) is 0.500. The van der Waals surface area contributed by atoms with Crippen molar-refractivity contribution in [2.24, 2.45) is 5.29 Å². The molecule has 5 heteroatoms. The van der Waals surface area contributed by atoms with E-state index in [1.54, 1.807) is 0 Å².